The first-order valence-corrected chi connectivity index (χ1v) is 5.08. The molecule has 0 heterocycles. The van der Waals surface area contributed by atoms with Crippen LogP contribution < -0.4 is 10.5 Å². The van der Waals surface area contributed by atoms with Gasteiger partial charge in [0.05, 0.1) is 5.69 Å². The third kappa shape index (κ3) is 2.72. The molecule has 0 radical (unpaired) electrons. The summed E-state index contributed by atoms with van der Waals surface area (Å²) in [5.74, 6) is -1.62. The van der Waals surface area contributed by atoms with Crippen molar-refractivity contribution in [1.29, 1.82) is 0 Å². The van der Waals surface area contributed by atoms with Crippen LogP contribution in [0.15, 0.2) is 42.5 Å². The van der Waals surface area contributed by atoms with Gasteiger partial charge < -0.3 is 10.5 Å². The Labute approximate surface area is 97.6 Å². The topological polar surface area (TPSA) is 35.2 Å². The van der Waals surface area contributed by atoms with E-state index in [9.17, 15) is 8.78 Å². The molecular formula is C13H11F2NO. The van der Waals surface area contributed by atoms with Gasteiger partial charge in [-0.05, 0) is 5.56 Å². The molecule has 0 fully saturated rings. The summed E-state index contributed by atoms with van der Waals surface area (Å²) in [4.78, 5) is 0. The Morgan fingerprint density at radius 3 is 2.41 bits per heavy atom. The fourth-order valence-electron chi connectivity index (χ4n) is 1.46. The third-order valence-corrected chi connectivity index (χ3v) is 2.26. The first-order chi connectivity index (χ1) is 8.16. The average Bonchev–Trinajstić information content (AvgIpc) is 2.29. The lowest BCUT2D eigenvalue weighted by atomic mass is 10.2. The number of halogens is 2. The molecule has 0 saturated carbocycles. The number of anilines is 1. The van der Waals surface area contributed by atoms with E-state index in [1.807, 2.05) is 30.3 Å². The normalized spacial score (nSPS) is 10.2. The standard InChI is InChI=1S/C13H11F2NO/c14-10-6-11(15)13(12(16)7-10)17-8-9-4-2-1-3-5-9/h1-7H,8,16H2. The zero-order valence-corrected chi connectivity index (χ0v) is 8.99. The van der Waals surface area contributed by atoms with Crippen molar-refractivity contribution < 1.29 is 13.5 Å². The van der Waals surface area contributed by atoms with E-state index in [1.54, 1.807) is 0 Å². The molecule has 0 amide bonds. The van der Waals surface area contributed by atoms with Crippen LogP contribution in [0.1, 0.15) is 5.56 Å². The van der Waals surface area contributed by atoms with Gasteiger partial charge in [-0.25, -0.2) is 8.78 Å². The molecule has 2 N–H and O–H groups in total. The molecule has 2 nitrogen and oxygen atoms in total. The molecule has 0 unspecified atom stereocenters. The summed E-state index contributed by atoms with van der Waals surface area (Å²) in [5.41, 5.74) is 6.32. The zero-order valence-electron chi connectivity index (χ0n) is 8.99. The number of hydrogen-bond donors (Lipinski definition) is 1. The van der Waals surface area contributed by atoms with E-state index < -0.39 is 11.6 Å². The van der Waals surface area contributed by atoms with Crippen molar-refractivity contribution in [3.8, 4) is 5.75 Å². The highest BCUT2D eigenvalue weighted by molar-refractivity contribution is 5.53. The maximum absolute atomic E-state index is 13.4. The zero-order chi connectivity index (χ0) is 12.3. The van der Waals surface area contributed by atoms with E-state index in [4.69, 9.17) is 10.5 Å². The van der Waals surface area contributed by atoms with Crippen molar-refractivity contribution in [3.05, 3.63) is 59.7 Å². The SMILES string of the molecule is Nc1cc(F)cc(F)c1OCc1ccccc1. The van der Waals surface area contributed by atoms with Crippen molar-refractivity contribution in [3.63, 3.8) is 0 Å². The van der Waals surface area contributed by atoms with Crippen LogP contribution in [-0.2, 0) is 6.61 Å². The molecule has 0 aliphatic rings. The molecule has 0 aliphatic carbocycles. The Morgan fingerprint density at radius 2 is 1.76 bits per heavy atom. The van der Waals surface area contributed by atoms with E-state index in [2.05, 4.69) is 0 Å². The monoisotopic (exact) mass is 235 g/mol. The largest absolute Gasteiger partial charge is 0.484 e. The lowest BCUT2D eigenvalue weighted by Gasteiger charge is -2.09. The molecule has 0 bridgehead atoms. The quantitative estimate of drug-likeness (QED) is 0.829. The third-order valence-electron chi connectivity index (χ3n) is 2.26. The second-order valence-electron chi connectivity index (χ2n) is 3.58. The number of rotatable bonds is 3. The van der Waals surface area contributed by atoms with Gasteiger partial charge in [0.2, 0.25) is 0 Å². The van der Waals surface area contributed by atoms with Crippen LogP contribution in [0, 0.1) is 11.6 Å². The van der Waals surface area contributed by atoms with Crippen LogP contribution in [0.5, 0.6) is 5.75 Å². The smallest absolute Gasteiger partial charge is 0.178 e. The number of ether oxygens (including phenoxy) is 1. The van der Waals surface area contributed by atoms with Gasteiger partial charge in [0.25, 0.3) is 0 Å². The summed E-state index contributed by atoms with van der Waals surface area (Å²) in [6.45, 7) is 0.188. The Bertz CT molecular complexity index is 491. The lowest BCUT2D eigenvalue weighted by Crippen LogP contribution is -2.01. The Kier molecular flexibility index (Phi) is 3.23. The van der Waals surface area contributed by atoms with Crippen molar-refractivity contribution in [1.82, 2.24) is 0 Å². The Balaban J connectivity index is 2.15. The highest BCUT2D eigenvalue weighted by Crippen LogP contribution is 2.27. The molecular weight excluding hydrogens is 224 g/mol. The van der Waals surface area contributed by atoms with Gasteiger partial charge in [0, 0.05) is 12.1 Å². The van der Waals surface area contributed by atoms with Gasteiger partial charge in [0.1, 0.15) is 12.4 Å². The summed E-state index contributed by atoms with van der Waals surface area (Å²) < 4.78 is 31.4. The van der Waals surface area contributed by atoms with Crippen molar-refractivity contribution in [2.45, 2.75) is 6.61 Å². The highest BCUT2D eigenvalue weighted by Gasteiger charge is 2.10. The summed E-state index contributed by atoms with van der Waals surface area (Å²) in [6.07, 6.45) is 0. The fourth-order valence-corrected chi connectivity index (χ4v) is 1.46. The maximum atomic E-state index is 13.4. The maximum Gasteiger partial charge on any atom is 0.178 e. The van der Waals surface area contributed by atoms with E-state index in [0.717, 1.165) is 17.7 Å². The van der Waals surface area contributed by atoms with Crippen LogP contribution in [0.2, 0.25) is 0 Å². The summed E-state index contributed by atoms with van der Waals surface area (Å²) in [6, 6.07) is 11.0. The van der Waals surface area contributed by atoms with Crippen molar-refractivity contribution >= 4 is 5.69 Å². The van der Waals surface area contributed by atoms with E-state index >= 15 is 0 Å². The minimum absolute atomic E-state index is 0.0431. The Hall–Kier alpha value is -2.10. The van der Waals surface area contributed by atoms with Crippen LogP contribution >= 0.6 is 0 Å². The van der Waals surface area contributed by atoms with Crippen molar-refractivity contribution in [2.75, 3.05) is 5.73 Å². The van der Waals surface area contributed by atoms with Crippen LogP contribution in [0.4, 0.5) is 14.5 Å². The molecule has 2 rings (SSSR count). The number of nitrogen functional groups attached to an aromatic ring is 1. The molecule has 0 spiro atoms. The summed E-state index contributed by atoms with van der Waals surface area (Å²) in [5, 5.41) is 0. The molecule has 88 valence electrons. The molecule has 0 aromatic heterocycles. The van der Waals surface area contributed by atoms with Crippen LogP contribution in [-0.4, -0.2) is 0 Å². The predicted molar refractivity (Wildman–Crippen MR) is 61.5 cm³/mol. The summed E-state index contributed by atoms with van der Waals surface area (Å²) in [7, 11) is 0. The first kappa shape index (κ1) is 11.4. The second kappa shape index (κ2) is 4.82. The number of hydrogen-bond acceptors (Lipinski definition) is 2. The van der Waals surface area contributed by atoms with Crippen molar-refractivity contribution in [2.24, 2.45) is 0 Å². The molecule has 4 heteroatoms. The van der Waals surface area contributed by atoms with E-state index in [-0.39, 0.29) is 18.0 Å². The molecule has 17 heavy (non-hydrogen) atoms. The minimum atomic E-state index is -0.793. The molecule has 2 aromatic carbocycles. The molecule has 2 aromatic rings. The van der Waals surface area contributed by atoms with Gasteiger partial charge in [-0.3, -0.25) is 0 Å². The van der Waals surface area contributed by atoms with Gasteiger partial charge >= 0.3 is 0 Å². The predicted octanol–water partition coefficient (Wildman–Crippen LogP) is 3.13. The Morgan fingerprint density at radius 1 is 1.06 bits per heavy atom. The fraction of sp³-hybridized carbons (Fsp3) is 0.0769. The van der Waals surface area contributed by atoms with Gasteiger partial charge in [-0.2, -0.15) is 0 Å². The minimum Gasteiger partial charge on any atom is -0.484 e. The lowest BCUT2D eigenvalue weighted by molar-refractivity contribution is 0.291. The van der Waals surface area contributed by atoms with E-state index in [0.29, 0.717) is 0 Å². The van der Waals surface area contributed by atoms with Gasteiger partial charge in [-0.15, -0.1) is 0 Å². The second-order valence-corrected chi connectivity index (χ2v) is 3.58. The molecule has 0 aliphatic heterocycles. The average molecular weight is 235 g/mol. The van der Waals surface area contributed by atoms with Crippen LogP contribution in [0.3, 0.4) is 0 Å². The van der Waals surface area contributed by atoms with Crippen LogP contribution in [0.25, 0.3) is 0 Å². The van der Waals surface area contributed by atoms with Gasteiger partial charge in [0.15, 0.2) is 11.6 Å². The molecule has 0 atom stereocenters. The number of benzene rings is 2. The molecule has 0 saturated heterocycles. The highest BCUT2D eigenvalue weighted by atomic mass is 19.1. The first-order valence-electron chi connectivity index (χ1n) is 5.08. The van der Waals surface area contributed by atoms with E-state index in [1.165, 1.54) is 0 Å². The summed E-state index contributed by atoms with van der Waals surface area (Å²) >= 11 is 0. The number of nitrogens with two attached hydrogens (primary N) is 1. The van der Waals surface area contributed by atoms with Gasteiger partial charge in [-0.1, -0.05) is 30.3 Å².